The zero-order valence-electron chi connectivity index (χ0n) is 22.1. The van der Waals surface area contributed by atoms with Gasteiger partial charge >= 0.3 is 0 Å². The van der Waals surface area contributed by atoms with Crippen molar-refractivity contribution in [1.29, 1.82) is 0 Å². The van der Waals surface area contributed by atoms with Crippen molar-refractivity contribution in [2.24, 2.45) is 22.5 Å². The Morgan fingerprint density at radius 2 is 1.34 bits per heavy atom. The molecule has 1 aliphatic rings. The zero-order chi connectivity index (χ0) is 24.0. The number of nitrogen functional groups attached to an aromatic ring is 1. The average Bonchev–Trinajstić information content (AvgIpc) is 2.81. The highest BCUT2D eigenvalue weighted by molar-refractivity contribution is 5.41. The number of anilines is 1. The number of allylic oxidation sites excluding steroid dienone is 4. The zero-order valence-corrected chi connectivity index (χ0v) is 22.1. The Labute approximate surface area is 198 Å². The van der Waals surface area contributed by atoms with E-state index in [9.17, 15) is 0 Å². The first-order valence-corrected chi connectivity index (χ1v) is 13.1. The molecule has 4 N–H and O–H groups in total. The lowest BCUT2D eigenvalue weighted by atomic mass is 9.64. The van der Waals surface area contributed by atoms with Crippen LogP contribution in [-0.2, 0) is 5.41 Å². The number of hydrogen-bond donors (Lipinski definition) is 2. The smallest absolute Gasteiger partial charge is 0.0314 e. The first-order chi connectivity index (χ1) is 15.1. The normalized spacial score (nSPS) is 20.8. The van der Waals surface area contributed by atoms with Gasteiger partial charge in [0.1, 0.15) is 0 Å². The molecule has 0 aromatic heterocycles. The predicted molar refractivity (Wildman–Crippen MR) is 143 cm³/mol. The molecule has 0 spiro atoms. The molecule has 180 valence electrons. The van der Waals surface area contributed by atoms with Crippen LogP contribution in [0.25, 0.3) is 0 Å². The average molecular weight is 439 g/mol. The third kappa shape index (κ3) is 5.61. The summed E-state index contributed by atoms with van der Waals surface area (Å²) in [6.45, 7) is 16.5. The van der Waals surface area contributed by atoms with E-state index in [4.69, 9.17) is 11.5 Å². The van der Waals surface area contributed by atoms with Gasteiger partial charge in [-0.2, -0.15) is 0 Å². The van der Waals surface area contributed by atoms with E-state index in [-0.39, 0.29) is 16.2 Å². The van der Waals surface area contributed by atoms with Gasteiger partial charge in [-0.15, -0.1) is 0 Å². The van der Waals surface area contributed by atoms with Crippen molar-refractivity contribution in [3.05, 3.63) is 53.3 Å². The number of benzene rings is 1. The lowest BCUT2D eigenvalue weighted by Gasteiger charge is -2.42. The van der Waals surface area contributed by atoms with Crippen molar-refractivity contribution in [1.82, 2.24) is 0 Å². The minimum atomic E-state index is 0.190. The van der Waals surface area contributed by atoms with Crippen LogP contribution in [0.3, 0.4) is 0 Å². The van der Waals surface area contributed by atoms with Gasteiger partial charge in [0.15, 0.2) is 0 Å². The van der Waals surface area contributed by atoms with E-state index in [1.165, 1.54) is 48.9 Å². The van der Waals surface area contributed by atoms with Crippen molar-refractivity contribution in [3.8, 4) is 0 Å². The summed E-state index contributed by atoms with van der Waals surface area (Å²) in [6, 6.07) is 8.52. The summed E-state index contributed by atoms with van der Waals surface area (Å²) in [5.74, 6) is 0.458. The molecule has 2 unspecified atom stereocenters. The van der Waals surface area contributed by atoms with Crippen LogP contribution in [0.1, 0.15) is 112 Å². The molecule has 32 heavy (non-hydrogen) atoms. The van der Waals surface area contributed by atoms with Gasteiger partial charge in [-0.3, -0.25) is 0 Å². The first-order valence-electron chi connectivity index (χ1n) is 13.1. The van der Waals surface area contributed by atoms with Gasteiger partial charge in [-0.05, 0) is 78.0 Å². The third-order valence-corrected chi connectivity index (χ3v) is 9.32. The fourth-order valence-corrected chi connectivity index (χ4v) is 5.63. The fraction of sp³-hybridized carbons (Fsp3) is 0.667. The van der Waals surface area contributed by atoms with Crippen molar-refractivity contribution >= 4 is 5.69 Å². The second-order valence-electron chi connectivity index (χ2n) is 11.1. The van der Waals surface area contributed by atoms with E-state index in [0.29, 0.717) is 5.92 Å². The summed E-state index contributed by atoms with van der Waals surface area (Å²) >= 11 is 0. The van der Waals surface area contributed by atoms with Gasteiger partial charge < -0.3 is 11.5 Å². The van der Waals surface area contributed by atoms with E-state index in [0.717, 1.165) is 31.4 Å². The molecular formula is C30H50N2. The maximum absolute atomic E-state index is 6.92. The molecule has 2 heteroatoms. The van der Waals surface area contributed by atoms with Crippen LogP contribution in [0.2, 0.25) is 0 Å². The van der Waals surface area contributed by atoms with E-state index < -0.39 is 0 Å². The molecule has 2 rings (SSSR count). The van der Waals surface area contributed by atoms with E-state index in [1.807, 2.05) is 12.1 Å². The number of hydrogen-bond acceptors (Lipinski definition) is 2. The van der Waals surface area contributed by atoms with Gasteiger partial charge in [0, 0.05) is 17.3 Å². The van der Waals surface area contributed by atoms with Crippen LogP contribution in [0.15, 0.2) is 47.7 Å². The van der Waals surface area contributed by atoms with Crippen LogP contribution in [-0.4, -0.2) is 0 Å². The maximum atomic E-state index is 6.92. The summed E-state index contributed by atoms with van der Waals surface area (Å²) in [5, 5.41) is 0. The van der Waals surface area contributed by atoms with Crippen LogP contribution < -0.4 is 11.5 Å². The Hall–Kier alpha value is -1.70. The molecular weight excluding hydrogens is 388 g/mol. The van der Waals surface area contributed by atoms with Gasteiger partial charge in [0.05, 0.1) is 0 Å². The molecule has 0 aliphatic heterocycles. The highest BCUT2D eigenvalue weighted by Crippen LogP contribution is 2.48. The van der Waals surface area contributed by atoms with E-state index in [2.05, 4.69) is 72.8 Å². The molecule has 0 radical (unpaired) electrons. The second-order valence-corrected chi connectivity index (χ2v) is 11.1. The quantitative estimate of drug-likeness (QED) is 0.254. The summed E-state index contributed by atoms with van der Waals surface area (Å²) in [5.41, 5.74) is 18.3. The number of rotatable bonds is 12. The predicted octanol–water partition coefficient (Wildman–Crippen LogP) is 8.53. The Bertz CT molecular complexity index is 784. The molecule has 0 fully saturated rings. The molecule has 1 aliphatic carbocycles. The summed E-state index contributed by atoms with van der Waals surface area (Å²) in [7, 11) is 0. The van der Waals surface area contributed by atoms with Crippen molar-refractivity contribution < 1.29 is 0 Å². The van der Waals surface area contributed by atoms with Gasteiger partial charge in [0.25, 0.3) is 0 Å². The van der Waals surface area contributed by atoms with E-state index >= 15 is 0 Å². The van der Waals surface area contributed by atoms with Crippen molar-refractivity contribution in [2.75, 3.05) is 5.73 Å². The number of nitrogens with two attached hydrogens (primary N) is 2. The van der Waals surface area contributed by atoms with Crippen LogP contribution >= 0.6 is 0 Å². The van der Waals surface area contributed by atoms with Crippen LogP contribution in [0.5, 0.6) is 0 Å². The SMILES string of the molecule is CCC(C)(CC)C1=C(N)C([C@@](C)(CC)CCCCC(C)(CC)c2ccc(N)cc2)CC=C1. The molecule has 0 saturated heterocycles. The molecule has 2 nitrogen and oxygen atoms in total. The Balaban J connectivity index is 2.09. The third-order valence-electron chi connectivity index (χ3n) is 9.32. The summed E-state index contributed by atoms with van der Waals surface area (Å²) < 4.78 is 0. The standard InChI is InChI=1S/C30H50N2/c1-8-28(5,9-2)25-15-14-16-26(27(25)32)30(7,11-4)22-13-12-21-29(6,10-3)23-17-19-24(31)20-18-23/h14-15,17-20,26H,8-13,16,21-22,31-32H2,1-7H3/t26?,29?,30-/m0/s1. The largest absolute Gasteiger partial charge is 0.402 e. The minimum Gasteiger partial charge on any atom is -0.402 e. The molecule has 0 heterocycles. The summed E-state index contributed by atoms with van der Waals surface area (Å²) in [6.07, 6.45) is 15.4. The molecule has 0 saturated carbocycles. The minimum absolute atomic E-state index is 0.190. The highest BCUT2D eigenvalue weighted by atomic mass is 14.7. The van der Waals surface area contributed by atoms with Gasteiger partial charge in [-0.25, -0.2) is 0 Å². The number of unbranched alkanes of at least 4 members (excludes halogenated alkanes) is 1. The summed E-state index contributed by atoms with van der Waals surface area (Å²) in [4.78, 5) is 0. The fourth-order valence-electron chi connectivity index (χ4n) is 5.63. The lowest BCUT2D eigenvalue weighted by Crippen LogP contribution is -2.35. The topological polar surface area (TPSA) is 52.0 Å². The molecule has 1 aromatic carbocycles. The second kappa shape index (κ2) is 10.9. The Kier molecular flexibility index (Phi) is 9.08. The first kappa shape index (κ1) is 26.6. The van der Waals surface area contributed by atoms with Crippen LogP contribution in [0, 0.1) is 16.7 Å². The molecule has 1 aromatic rings. The van der Waals surface area contributed by atoms with E-state index in [1.54, 1.807) is 0 Å². The van der Waals surface area contributed by atoms with Crippen molar-refractivity contribution in [2.45, 2.75) is 112 Å². The maximum Gasteiger partial charge on any atom is 0.0314 e. The van der Waals surface area contributed by atoms with Gasteiger partial charge in [-0.1, -0.05) is 92.0 Å². The van der Waals surface area contributed by atoms with Gasteiger partial charge in [0.2, 0.25) is 0 Å². The Morgan fingerprint density at radius 1 is 0.781 bits per heavy atom. The highest BCUT2D eigenvalue weighted by Gasteiger charge is 2.38. The van der Waals surface area contributed by atoms with Crippen molar-refractivity contribution in [3.63, 3.8) is 0 Å². The Morgan fingerprint density at radius 3 is 1.88 bits per heavy atom. The van der Waals surface area contributed by atoms with Crippen LogP contribution in [0.4, 0.5) is 5.69 Å². The monoisotopic (exact) mass is 438 g/mol. The molecule has 0 bridgehead atoms. The molecule has 0 amide bonds. The lowest BCUT2D eigenvalue weighted by molar-refractivity contribution is 0.174. The molecule has 3 atom stereocenters.